The minimum atomic E-state index is -2.02. The van der Waals surface area contributed by atoms with E-state index in [0.29, 0.717) is 24.3 Å². The first-order valence-corrected chi connectivity index (χ1v) is 15.5. The van der Waals surface area contributed by atoms with Crippen molar-refractivity contribution >= 4 is 37.8 Å². The van der Waals surface area contributed by atoms with Crippen LogP contribution in [0.4, 0.5) is 10.5 Å². The minimum absolute atomic E-state index is 0.0110. The molecule has 0 aromatic heterocycles. The number of likely N-dealkylation sites (N-methyl/N-ethyl adjacent to an activating group) is 1. The molecule has 11 heteroatoms. The molecule has 0 saturated carbocycles. The summed E-state index contributed by atoms with van der Waals surface area (Å²) < 4.78 is 12.1. The van der Waals surface area contributed by atoms with E-state index in [-0.39, 0.29) is 35.4 Å². The molecule has 194 valence electrons. The Morgan fingerprint density at radius 1 is 1.26 bits per heavy atom. The highest BCUT2D eigenvalue weighted by molar-refractivity contribution is 8.02. The summed E-state index contributed by atoms with van der Waals surface area (Å²) in [6.45, 7) is 11.4. The standard InChI is InChI=1S/C24H37N3O6SSi/c1-24(2,3)35(6,7)33-21-14-20(17-34-13-12-22(28)25(4)5)26(15-21)23(29)32-16-18-8-10-19(11-9-18)27(30)31/h8-13,20-21H,14-17H2,1-7H3/b13-12+/t20-,21+/m0/s1. The van der Waals surface area contributed by atoms with E-state index >= 15 is 0 Å². The fourth-order valence-electron chi connectivity index (χ4n) is 3.30. The van der Waals surface area contributed by atoms with Crippen LogP contribution in [0.15, 0.2) is 35.7 Å². The zero-order chi connectivity index (χ0) is 26.4. The Kier molecular flexibility index (Phi) is 9.93. The van der Waals surface area contributed by atoms with Gasteiger partial charge in [0.15, 0.2) is 8.32 Å². The highest BCUT2D eigenvalue weighted by Crippen LogP contribution is 2.39. The van der Waals surface area contributed by atoms with Crippen LogP contribution < -0.4 is 0 Å². The van der Waals surface area contributed by atoms with Crippen LogP contribution in [0.1, 0.15) is 32.8 Å². The summed E-state index contributed by atoms with van der Waals surface area (Å²) in [6.07, 6.45) is 1.69. The number of nitro benzene ring substituents is 1. The van der Waals surface area contributed by atoms with Crippen molar-refractivity contribution in [2.45, 2.75) is 64.1 Å². The van der Waals surface area contributed by atoms with Gasteiger partial charge in [-0.1, -0.05) is 20.8 Å². The number of carbonyl (C=O) groups is 2. The largest absolute Gasteiger partial charge is 0.445 e. The molecule has 1 fully saturated rings. The van der Waals surface area contributed by atoms with Crippen LogP contribution in [0.3, 0.4) is 0 Å². The maximum atomic E-state index is 13.0. The summed E-state index contributed by atoms with van der Waals surface area (Å²) in [5, 5.41) is 12.6. The monoisotopic (exact) mass is 523 g/mol. The first kappa shape index (κ1) is 28.9. The lowest BCUT2D eigenvalue weighted by molar-refractivity contribution is -0.384. The lowest BCUT2D eigenvalue weighted by Crippen LogP contribution is -2.44. The molecule has 0 unspecified atom stereocenters. The molecule has 1 aliphatic rings. The Hall–Kier alpha value is -2.37. The average molecular weight is 524 g/mol. The highest BCUT2D eigenvalue weighted by atomic mass is 32.2. The van der Waals surface area contributed by atoms with Gasteiger partial charge in [-0.15, -0.1) is 11.8 Å². The number of hydrogen-bond acceptors (Lipinski definition) is 7. The molecule has 2 atom stereocenters. The van der Waals surface area contributed by atoms with Crippen LogP contribution in [0, 0.1) is 10.1 Å². The van der Waals surface area contributed by atoms with Crippen LogP contribution >= 0.6 is 11.8 Å². The van der Waals surface area contributed by atoms with Crippen LogP contribution in [0.25, 0.3) is 0 Å². The lowest BCUT2D eigenvalue weighted by atomic mass is 10.2. The van der Waals surface area contributed by atoms with E-state index in [2.05, 4.69) is 33.9 Å². The van der Waals surface area contributed by atoms with Crippen molar-refractivity contribution in [2.75, 3.05) is 26.4 Å². The predicted octanol–water partition coefficient (Wildman–Crippen LogP) is 5.03. The molecular formula is C24H37N3O6SSi. The van der Waals surface area contributed by atoms with Gasteiger partial charge in [0, 0.05) is 50.6 Å². The average Bonchev–Trinajstić information content (AvgIpc) is 3.16. The molecule has 0 N–H and O–H groups in total. The van der Waals surface area contributed by atoms with Crippen molar-refractivity contribution in [1.29, 1.82) is 0 Å². The normalized spacial score (nSPS) is 18.7. The highest BCUT2D eigenvalue weighted by Gasteiger charge is 2.43. The van der Waals surface area contributed by atoms with Crippen LogP contribution in [0.5, 0.6) is 0 Å². The first-order valence-electron chi connectivity index (χ1n) is 11.5. The maximum Gasteiger partial charge on any atom is 0.410 e. The molecule has 0 spiro atoms. The van der Waals surface area contributed by atoms with Gasteiger partial charge >= 0.3 is 6.09 Å². The molecule has 1 aromatic carbocycles. The molecule has 1 aromatic rings. The number of benzene rings is 1. The Labute approximate surface area is 213 Å². The van der Waals surface area contributed by atoms with E-state index in [4.69, 9.17) is 9.16 Å². The number of nitro groups is 1. The molecule has 2 rings (SSSR count). The Morgan fingerprint density at radius 3 is 2.43 bits per heavy atom. The molecule has 0 radical (unpaired) electrons. The number of nitrogens with zero attached hydrogens (tertiary/aromatic N) is 3. The van der Waals surface area contributed by atoms with Gasteiger partial charge in [0.2, 0.25) is 5.91 Å². The second kappa shape index (κ2) is 12.0. The maximum absolute atomic E-state index is 13.0. The number of carbonyl (C=O) groups excluding carboxylic acids is 2. The zero-order valence-electron chi connectivity index (χ0n) is 21.6. The molecular weight excluding hydrogens is 486 g/mol. The first-order chi connectivity index (χ1) is 16.2. The van der Waals surface area contributed by atoms with Crippen LogP contribution in [-0.2, 0) is 20.6 Å². The Bertz CT molecular complexity index is 930. The van der Waals surface area contributed by atoms with Gasteiger partial charge in [-0.2, -0.15) is 0 Å². The fourth-order valence-corrected chi connectivity index (χ4v) is 5.52. The summed E-state index contributed by atoms with van der Waals surface area (Å²) in [5.74, 6) is 0.517. The van der Waals surface area contributed by atoms with Crippen molar-refractivity contribution in [3.05, 3.63) is 51.4 Å². The van der Waals surface area contributed by atoms with Crippen molar-refractivity contribution in [1.82, 2.24) is 9.80 Å². The third-order valence-electron chi connectivity index (χ3n) is 6.42. The molecule has 1 aliphatic heterocycles. The predicted molar refractivity (Wildman–Crippen MR) is 141 cm³/mol. The topological polar surface area (TPSA) is 102 Å². The van der Waals surface area contributed by atoms with Gasteiger partial charge in [0.25, 0.3) is 5.69 Å². The van der Waals surface area contributed by atoms with Gasteiger partial charge in [-0.25, -0.2) is 4.79 Å². The molecule has 0 aliphatic carbocycles. The third-order valence-corrected chi connectivity index (χ3v) is 11.9. The van der Waals surface area contributed by atoms with Gasteiger partial charge in [0.05, 0.1) is 11.0 Å². The second-order valence-corrected chi connectivity index (χ2v) is 16.1. The number of rotatable bonds is 9. The van der Waals surface area contributed by atoms with Crippen molar-refractivity contribution < 1.29 is 23.7 Å². The van der Waals surface area contributed by atoms with Gasteiger partial charge < -0.3 is 19.0 Å². The van der Waals surface area contributed by atoms with Gasteiger partial charge in [0.1, 0.15) is 6.61 Å². The van der Waals surface area contributed by atoms with E-state index in [1.165, 1.54) is 34.9 Å². The Balaban J connectivity index is 2.06. The number of amides is 2. The van der Waals surface area contributed by atoms with Crippen molar-refractivity contribution in [2.24, 2.45) is 0 Å². The van der Waals surface area contributed by atoms with Crippen LogP contribution in [-0.4, -0.2) is 73.6 Å². The molecule has 0 bridgehead atoms. The van der Waals surface area contributed by atoms with E-state index < -0.39 is 19.3 Å². The molecule has 9 nitrogen and oxygen atoms in total. The van der Waals surface area contributed by atoms with Gasteiger partial charge in [-0.05, 0) is 47.7 Å². The number of ether oxygens (including phenoxy) is 1. The zero-order valence-corrected chi connectivity index (χ0v) is 23.5. The summed E-state index contributed by atoms with van der Waals surface area (Å²) in [6, 6.07) is 5.85. The molecule has 1 heterocycles. The molecule has 1 saturated heterocycles. The van der Waals surface area contributed by atoms with E-state index in [0.717, 1.165) is 0 Å². The van der Waals surface area contributed by atoms with Crippen molar-refractivity contribution in [3.63, 3.8) is 0 Å². The number of non-ortho nitro benzene ring substituents is 1. The molecule has 35 heavy (non-hydrogen) atoms. The quantitative estimate of drug-likeness (QED) is 0.194. The summed E-state index contributed by atoms with van der Waals surface area (Å²) in [5.41, 5.74) is 0.663. The second-order valence-electron chi connectivity index (χ2n) is 10.4. The number of thioether (sulfide) groups is 1. The smallest absolute Gasteiger partial charge is 0.410 e. The number of likely N-dealkylation sites (tertiary alicyclic amines) is 1. The molecule has 2 amide bonds. The SMILES string of the molecule is CN(C)C(=O)/C=C/SC[C@@H]1C[C@@H](O[Si](C)(C)C(C)(C)C)CN1C(=O)OCc1ccc([N+](=O)[O-])cc1. The Morgan fingerprint density at radius 2 is 1.89 bits per heavy atom. The van der Waals surface area contributed by atoms with Gasteiger partial charge in [-0.3, -0.25) is 14.9 Å². The fraction of sp³-hybridized carbons (Fsp3) is 0.583. The lowest BCUT2D eigenvalue weighted by Gasteiger charge is -2.38. The number of hydrogen-bond donors (Lipinski definition) is 0. The van der Waals surface area contributed by atoms with E-state index in [1.807, 2.05) is 0 Å². The summed E-state index contributed by atoms with van der Waals surface area (Å²) in [4.78, 5) is 38.4. The van der Waals surface area contributed by atoms with Crippen molar-refractivity contribution in [3.8, 4) is 0 Å². The van der Waals surface area contributed by atoms with Crippen LogP contribution in [0.2, 0.25) is 18.1 Å². The van der Waals surface area contributed by atoms with E-state index in [1.54, 1.807) is 36.5 Å². The summed E-state index contributed by atoms with van der Waals surface area (Å²) in [7, 11) is 1.37. The van der Waals surface area contributed by atoms with E-state index in [9.17, 15) is 19.7 Å². The third kappa shape index (κ3) is 8.36. The minimum Gasteiger partial charge on any atom is -0.445 e. The summed E-state index contributed by atoms with van der Waals surface area (Å²) >= 11 is 1.48.